The zero-order valence-electron chi connectivity index (χ0n) is 8.89. The van der Waals surface area contributed by atoms with Crippen molar-refractivity contribution in [2.75, 3.05) is 0 Å². The van der Waals surface area contributed by atoms with Crippen LogP contribution in [0.15, 0.2) is 36.7 Å². The lowest BCUT2D eigenvalue weighted by Crippen LogP contribution is -2.17. The molecule has 0 radical (unpaired) electrons. The highest BCUT2D eigenvalue weighted by atomic mass is 19.4. The van der Waals surface area contributed by atoms with Gasteiger partial charge in [0.15, 0.2) is 6.29 Å². The van der Waals surface area contributed by atoms with Crippen LogP contribution >= 0.6 is 0 Å². The number of carbonyl (C=O) groups excluding carboxylic acids is 1. The van der Waals surface area contributed by atoms with E-state index in [4.69, 9.17) is 0 Å². The second-order valence-corrected chi connectivity index (χ2v) is 3.38. The number of hydrogen-bond acceptors (Lipinski definition) is 3. The van der Waals surface area contributed by atoms with Gasteiger partial charge in [-0.1, -0.05) is 0 Å². The first kappa shape index (κ1) is 12.2. The maximum atomic E-state index is 11.9. The zero-order chi connectivity index (χ0) is 13.2. The SMILES string of the molecule is O=Cc1cnn(-c2ccc(OC(F)(F)F)cc2)c1. The predicted octanol–water partition coefficient (Wildman–Crippen LogP) is 2.58. The van der Waals surface area contributed by atoms with Crippen LogP contribution in [0.4, 0.5) is 13.2 Å². The lowest BCUT2D eigenvalue weighted by atomic mass is 10.3. The number of benzene rings is 1. The molecule has 94 valence electrons. The fraction of sp³-hybridized carbons (Fsp3) is 0.0909. The minimum absolute atomic E-state index is 0.311. The molecule has 0 aliphatic carbocycles. The second-order valence-electron chi connectivity index (χ2n) is 3.38. The topological polar surface area (TPSA) is 44.1 Å². The molecule has 0 aliphatic rings. The van der Waals surface area contributed by atoms with Gasteiger partial charge in [-0.25, -0.2) is 4.68 Å². The van der Waals surface area contributed by atoms with Crippen LogP contribution in [0, 0.1) is 0 Å². The van der Waals surface area contributed by atoms with Crippen LogP contribution in [0.2, 0.25) is 0 Å². The molecule has 1 aromatic carbocycles. The van der Waals surface area contributed by atoms with Gasteiger partial charge in [0.2, 0.25) is 0 Å². The second kappa shape index (κ2) is 4.52. The monoisotopic (exact) mass is 256 g/mol. The number of ether oxygens (including phenoxy) is 1. The number of carbonyl (C=O) groups is 1. The van der Waals surface area contributed by atoms with Crippen molar-refractivity contribution < 1.29 is 22.7 Å². The van der Waals surface area contributed by atoms with E-state index >= 15 is 0 Å². The minimum atomic E-state index is -4.71. The molecule has 0 amide bonds. The molecule has 0 fully saturated rings. The average Bonchev–Trinajstić information content (AvgIpc) is 2.76. The molecule has 0 unspecified atom stereocenters. The highest BCUT2D eigenvalue weighted by Crippen LogP contribution is 2.23. The molecule has 2 rings (SSSR count). The fourth-order valence-electron chi connectivity index (χ4n) is 1.34. The third-order valence-corrected chi connectivity index (χ3v) is 2.07. The van der Waals surface area contributed by atoms with Gasteiger partial charge in [0.1, 0.15) is 5.75 Å². The smallest absolute Gasteiger partial charge is 0.406 e. The Morgan fingerprint density at radius 2 is 1.89 bits per heavy atom. The molecule has 0 atom stereocenters. The number of rotatable bonds is 3. The lowest BCUT2D eigenvalue weighted by molar-refractivity contribution is -0.274. The summed E-state index contributed by atoms with van der Waals surface area (Å²) in [4.78, 5) is 10.5. The minimum Gasteiger partial charge on any atom is -0.406 e. The van der Waals surface area contributed by atoms with E-state index in [9.17, 15) is 18.0 Å². The summed E-state index contributed by atoms with van der Waals surface area (Å²) in [6.45, 7) is 0. The summed E-state index contributed by atoms with van der Waals surface area (Å²) in [7, 11) is 0. The maximum absolute atomic E-state index is 11.9. The summed E-state index contributed by atoms with van der Waals surface area (Å²) in [5.41, 5.74) is 0.906. The molecule has 4 nitrogen and oxygen atoms in total. The number of aromatic nitrogens is 2. The Labute approximate surface area is 99.6 Å². The van der Waals surface area contributed by atoms with Gasteiger partial charge in [-0.05, 0) is 24.3 Å². The summed E-state index contributed by atoms with van der Waals surface area (Å²) in [6, 6.07) is 5.15. The van der Waals surface area contributed by atoms with Crippen LogP contribution in [-0.4, -0.2) is 22.4 Å². The van der Waals surface area contributed by atoms with Gasteiger partial charge in [-0.3, -0.25) is 4.79 Å². The zero-order valence-corrected chi connectivity index (χ0v) is 8.89. The number of hydrogen-bond donors (Lipinski definition) is 0. The van der Waals surface area contributed by atoms with Crippen LogP contribution in [0.3, 0.4) is 0 Å². The Hall–Kier alpha value is -2.31. The van der Waals surface area contributed by atoms with E-state index < -0.39 is 6.36 Å². The molecule has 0 bridgehead atoms. The van der Waals surface area contributed by atoms with E-state index in [1.54, 1.807) is 0 Å². The molecule has 1 aromatic heterocycles. The predicted molar refractivity (Wildman–Crippen MR) is 55.6 cm³/mol. The van der Waals surface area contributed by atoms with Crippen LogP contribution in [0.1, 0.15) is 10.4 Å². The van der Waals surface area contributed by atoms with Gasteiger partial charge in [0.25, 0.3) is 0 Å². The van der Waals surface area contributed by atoms with Crippen molar-refractivity contribution in [3.8, 4) is 11.4 Å². The standard InChI is InChI=1S/C11H7F3N2O2/c12-11(13,14)18-10-3-1-9(2-4-10)16-6-8(7-17)5-15-16/h1-7H. The molecule has 0 N–H and O–H groups in total. The fourth-order valence-corrected chi connectivity index (χ4v) is 1.34. The Kier molecular flexibility index (Phi) is 3.05. The molecular weight excluding hydrogens is 249 g/mol. The van der Waals surface area contributed by atoms with Crippen molar-refractivity contribution in [3.05, 3.63) is 42.2 Å². The molecule has 2 aromatic rings. The summed E-state index contributed by atoms with van der Waals surface area (Å²) in [5.74, 6) is -0.311. The summed E-state index contributed by atoms with van der Waals surface area (Å²) >= 11 is 0. The van der Waals surface area contributed by atoms with Gasteiger partial charge in [0, 0.05) is 6.20 Å². The highest BCUT2D eigenvalue weighted by Gasteiger charge is 2.30. The third kappa shape index (κ3) is 2.88. The number of nitrogens with zero attached hydrogens (tertiary/aromatic N) is 2. The molecule has 1 heterocycles. The van der Waals surface area contributed by atoms with E-state index in [1.807, 2.05) is 0 Å². The molecule has 0 saturated carbocycles. The van der Waals surface area contributed by atoms with Crippen molar-refractivity contribution in [1.82, 2.24) is 9.78 Å². The van der Waals surface area contributed by atoms with Crippen LogP contribution in [-0.2, 0) is 0 Å². The summed E-state index contributed by atoms with van der Waals surface area (Å²) in [6.07, 6.45) is -1.26. The molecule has 7 heteroatoms. The van der Waals surface area contributed by atoms with E-state index in [0.717, 1.165) is 0 Å². The number of aldehydes is 1. The van der Waals surface area contributed by atoms with E-state index in [-0.39, 0.29) is 5.75 Å². The highest BCUT2D eigenvalue weighted by molar-refractivity contribution is 5.73. The molecular formula is C11H7F3N2O2. The van der Waals surface area contributed by atoms with Crippen LogP contribution < -0.4 is 4.74 Å². The quantitative estimate of drug-likeness (QED) is 0.793. The van der Waals surface area contributed by atoms with Gasteiger partial charge in [-0.2, -0.15) is 5.10 Å². The van der Waals surface area contributed by atoms with Crippen molar-refractivity contribution in [3.63, 3.8) is 0 Å². The molecule has 18 heavy (non-hydrogen) atoms. The first-order valence-corrected chi connectivity index (χ1v) is 4.84. The van der Waals surface area contributed by atoms with Crippen LogP contribution in [0.25, 0.3) is 5.69 Å². The van der Waals surface area contributed by atoms with E-state index in [0.29, 0.717) is 17.5 Å². The Morgan fingerprint density at radius 3 is 2.39 bits per heavy atom. The van der Waals surface area contributed by atoms with Crippen molar-refractivity contribution in [2.24, 2.45) is 0 Å². The van der Waals surface area contributed by atoms with E-state index in [2.05, 4.69) is 9.84 Å². The summed E-state index contributed by atoms with van der Waals surface area (Å²) in [5, 5.41) is 3.88. The van der Waals surface area contributed by atoms with Crippen molar-refractivity contribution in [1.29, 1.82) is 0 Å². The largest absolute Gasteiger partial charge is 0.573 e. The van der Waals surface area contributed by atoms with Crippen molar-refractivity contribution >= 4 is 6.29 Å². The Morgan fingerprint density at radius 1 is 1.22 bits per heavy atom. The lowest BCUT2D eigenvalue weighted by Gasteiger charge is -2.09. The van der Waals surface area contributed by atoms with Gasteiger partial charge in [-0.15, -0.1) is 13.2 Å². The average molecular weight is 256 g/mol. The van der Waals surface area contributed by atoms with Crippen LogP contribution in [0.5, 0.6) is 5.75 Å². The molecule has 0 saturated heterocycles. The van der Waals surface area contributed by atoms with Gasteiger partial charge >= 0.3 is 6.36 Å². The third-order valence-electron chi connectivity index (χ3n) is 2.07. The van der Waals surface area contributed by atoms with Gasteiger partial charge < -0.3 is 4.74 Å². The van der Waals surface area contributed by atoms with Gasteiger partial charge in [0.05, 0.1) is 17.4 Å². The first-order chi connectivity index (χ1) is 8.48. The molecule has 0 spiro atoms. The maximum Gasteiger partial charge on any atom is 0.573 e. The normalized spacial score (nSPS) is 11.3. The Balaban J connectivity index is 2.19. The summed E-state index contributed by atoms with van der Waals surface area (Å²) < 4.78 is 40.9. The number of alkyl halides is 3. The first-order valence-electron chi connectivity index (χ1n) is 4.84. The van der Waals surface area contributed by atoms with E-state index in [1.165, 1.54) is 41.3 Å². The number of halogens is 3. The Bertz CT molecular complexity index is 546. The molecule has 0 aliphatic heterocycles. The van der Waals surface area contributed by atoms with Crippen molar-refractivity contribution in [2.45, 2.75) is 6.36 Å².